The van der Waals surface area contributed by atoms with Crippen molar-refractivity contribution in [2.45, 2.75) is 33.2 Å². The second kappa shape index (κ2) is 9.05. The van der Waals surface area contributed by atoms with Crippen molar-refractivity contribution in [3.63, 3.8) is 0 Å². The summed E-state index contributed by atoms with van der Waals surface area (Å²) < 4.78 is 13.0. The van der Waals surface area contributed by atoms with E-state index < -0.39 is 0 Å². The molecule has 0 spiro atoms. The van der Waals surface area contributed by atoms with Gasteiger partial charge in [0.25, 0.3) is 0 Å². The van der Waals surface area contributed by atoms with Crippen LogP contribution in [0.4, 0.5) is 4.39 Å². The Morgan fingerprint density at radius 2 is 2.05 bits per heavy atom. The van der Waals surface area contributed by atoms with Gasteiger partial charge >= 0.3 is 0 Å². The van der Waals surface area contributed by atoms with Crippen LogP contribution in [0.3, 0.4) is 0 Å². The zero-order valence-electron chi connectivity index (χ0n) is 13.6. The molecule has 0 radical (unpaired) electrons. The molecule has 1 aromatic carbocycles. The predicted octanol–water partition coefficient (Wildman–Crippen LogP) is 3.77. The van der Waals surface area contributed by atoms with E-state index in [4.69, 9.17) is 0 Å². The molecule has 1 aromatic heterocycles. The van der Waals surface area contributed by atoms with Crippen LogP contribution in [0.2, 0.25) is 0 Å². The van der Waals surface area contributed by atoms with Crippen molar-refractivity contribution in [1.29, 1.82) is 0 Å². The SMILES string of the molecule is CC[C@H](NC)C(C)=O.Cc1ccc(F)cc1-c1ccccn1. The van der Waals surface area contributed by atoms with Gasteiger partial charge in [-0.05, 0) is 57.1 Å². The maximum Gasteiger partial charge on any atom is 0.146 e. The van der Waals surface area contributed by atoms with Gasteiger partial charge in [0, 0.05) is 11.8 Å². The summed E-state index contributed by atoms with van der Waals surface area (Å²) in [5.74, 6) is -0.00810. The summed E-state index contributed by atoms with van der Waals surface area (Å²) in [6.45, 7) is 5.54. The van der Waals surface area contributed by atoms with Crippen LogP contribution >= 0.6 is 0 Å². The molecule has 0 saturated heterocycles. The Bertz CT molecular complexity index is 595. The number of nitrogens with one attached hydrogen (secondary N) is 1. The van der Waals surface area contributed by atoms with E-state index in [1.54, 1.807) is 26.2 Å². The Labute approximate surface area is 131 Å². The number of likely N-dealkylation sites (N-methyl/N-ethyl adjacent to an activating group) is 1. The zero-order chi connectivity index (χ0) is 16.5. The highest BCUT2D eigenvalue weighted by Gasteiger charge is 2.06. The molecule has 3 nitrogen and oxygen atoms in total. The van der Waals surface area contributed by atoms with E-state index in [0.717, 1.165) is 23.2 Å². The third-order valence-corrected chi connectivity index (χ3v) is 3.39. The number of rotatable bonds is 4. The van der Waals surface area contributed by atoms with E-state index >= 15 is 0 Å². The van der Waals surface area contributed by atoms with Crippen LogP contribution in [-0.2, 0) is 4.79 Å². The molecule has 0 amide bonds. The molecular weight excluding hydrogens is 279 g/mol. The number of hydrogen-bond acceptors (Lipinski definition) is 3. The van der Waals surface area contributed by atoms with Crippen LogP contribution in [0.25, 0.3) is 11.3 Å². The number of benzene rings is 1. The molecule has 4 heteroatoms. The lowest BCUT2D eigenvalue weighted by molar-refractivity contribution is -0.118. The van der Waals surface area contributed by atoms with E-state index in [0.29, 0.717) is 0 Å². The van der Waals surface area contributed by atoms with Crippen LogP contribution in [0.15, 0.2) is 42.6 Å². The Morgan fingerprint density at radius 1 is 1.32 bits per heavy atom. The Hall–Kier alpha value is -2.07. The van der Waals surface area contributed by atoms with E-state index in [9.17, 15) is 9.18 Å². The van der Waals surface area contributed by atoms with Gasteiger partial charge in [-0.2, -0.15) is 0 Å². The lowest BCUT2D eigenvalue weighted by atomic mass is 10.1. The average Bonchev–Trinajstić information content (AvgIpc) is 2.52. The standard InChI is InChI=1S/C12H10FN.C6H13NO/c1-9-5-6-10(13)8-11(9)12-4-2-3-7-14-12;1-4-6(7-3)5(2)8/h2-8H,1H3;6-7H,4H2,1-3H3/t;6-/m.0/s1. The highest BCUT2D eigenvalue weighted by Crippen LogP contribution is 2.21. The first-order valence-corrected chi connectivity index (χ1v) is 7.34. The quantitative estimate of drug-likeness (QED) is 0.935. The maximum atomic E-state index is 13.0. The average molecular weight is 302 g/mol. The second-order valence-corrected chi connectivity index (χ2v) is 5.03. The smallest absolute Gasteiger partial charge is 0.146 e. The fraction of sp³-hybridized carbons (Fsp3) is 0.333. The van der Waals surface area contributed by atoms with Crippen molar-refractivity contribution >= 4 is 5.78 Å². The molecule has 0 aliphatic heterocycles. The van der Waals surface area contributed by atoms with E-state index in [1.807, 2.05) is 32.0 Å². The number of aryl methyl sites for hydroxylation is 1. The van der Waals surface area contributed by atoms with Crippen LogP contribution in [0, 0.1) is 12.7 Å². The highest BCUT2D eigenvalue weighted by molar-refractivity contribution is 5.81. The Morgan fingerprint density at radius 3 is 2.50 bits per heavy atom. The number of Topliss-reactive ketones (excluding diaryl/α,β-unsaturated/α-hetero) is 1. The molecule has 118 valence electrons. The molecule has 0 bridgehead atoms. The second-order valence-electron chi connectivity index (χ2n) is 5.03. The van der Waals surface area contributed by atoms with Gasteiger partial charge in [-0.25, -0.2) is 4.39 Å². The fourth-order valence-corrected chi connectivity index (χ4v) is 2.09. The topological polar surface area (TPSA) is 42.0 Å². The minimum atomic E-state index is -0.226. The van der Waals surface area contributed by atoms with Crippen molar-refractivity contribution in [2.24, 2.45) is 0 Å². The van der Waals surface area contributed by atoms with E-state index in [2.05, 4.69) is 10.3 Å². The lowest BCUT2D eigenvalue weighted by Crippen LogP contribution is -2.31. The van der Waals surface area contributed by atoms with Gasteiger partial charge in [0.1, 0.15) is 11.6 Å². The third-order valence-electron chi connectivity index (χ3n) is 3.39. The minimum Gasteiger partial charge on any atom is -0.311 e. The summed E-state index contributed by atoms with van der Waals surface area (Å²) in [6, 6.07) is 10.4. The van der Waals surface area contributed by atoms with E-state index in [-0.39, 0.29) is 17.6 Å². The molecule has 22 heavy (non-hydrogen) atoms. The fourth-order valence-electron chi connectivity index (χ4n) is 2.09. The molecule has 1 atom stereocenters. The number of pyridine rings is 1. The number of carbonyl (C=O) groups is 1. The Kier molecular flexibility index (Phi) is 7.40. The molecule has 0 fully saturated rings. The summed E-state index contributed by atoms with van der Waals surface area (Å²) in [4.78, 5) is 14.7. The molecule has 1 N–H and O–H groups in total. The van der Waals surface area contributed by atoms with Crippen LogP contribution in [-0.4, -0.2) is 23.9 Å². The first-order chi connectivity index (χ1) is 10.5. The van der Waals surface area contributed by atoms with Gasteiger partial charge in [0.15, 0.2) is 0 Å². The molecule has 0 saturated carbocycles. The van der Waals surface area contributed by atoms with Crippen LogP contribution < -0.4 is 5.32 Å². The van der Waals surface area contributed by atoms with Gasteiger partial charge in [-0.15, -0.1) is 0 Å². The summed E-state index contributed by atoms with van der Waals surface area (Å²) in [7, 11) is 1.80. The van der Waals surface area contributed by atoms with Crippen LogP contribution in [0.1, 0.15) is 25.8 Å². The van der Waals surface area contributed by atoms with Crippen molar-refractivity contribution < 1.29 is 9.18 Å². The minimum absolute atomic E-state index is 0.0648. The van der Waals surface area contributed by atoms with Gasteiger partial charge in [0.05, 0.1) is 11.7 Å². The molecule has 0 aliphatic carbocycles. The number of aromatic nitrogens is 1. The summed E-state index contributed by atoms with van der Waals surface area (Å²) in [5.41, 5.74) is 2.69. The van der Waals surface area contributed by atoms with E-state index in [1.165, 1.54) is 12.1 Å². The van der Waals surface area contributed by atoms with Crippen molar-refractivity contribution in [3.05, 3.63) is 54.0 Å². The number of ketones is 1. The predicted molar refractivity (Wildman–Crippen MR) is 88.2 cm³/mol. The summed E-state index contributed by atoms with van der Waals surface area (Å²) in [6.07, 6.45) is 2.59. The van der Waals surface area contributed by atoms with Crippen molar-refractivity contribution in [1.82, 2.24) is 10.3 Å². The molecule has 0 aliphatic rings. The highest BCUT2D eigenvalue weighted by atomic mass is 19.1. The maximum absolute atomic E-state index is 13.0. The number of hydrogen-bond donors (Lipinski definition) is 1. The number of nitrogens with zero attached hydrogens (tertiary/aromatic N) is 1. The lowest BCUT2D eigenvalue weighted by Gasteiger charge is -2.07. The zero-order valence-corrected chi connectivity index (χ0v) is 13.6. The Balaban J connectivity index is 0.000000261. The van der Waals surface area contributed by atoms with Gasteiger partial charge in [-0.3, -0.25) is 9.78 Å². The van der Waals surface area contributed by atoms with Crippen molar-refractivity contribution in [2.75, 3.05) is 7.05 Å². The van der Waals surface area contributed by atoms with Gasteiger partial charge < -0.3 is 5.32 Å². The first kappa shape index (κ1) is 18.0. The molecular formula is C18H23FN2O. The molecule has 0 unspecified atom stereocenters. The number of halogens is 1. The summed E-state index contributed by atoms with van der Waals surface area (Å²) in [5, 5.41) is 2.90. The summed E-state index contributed by atoms with van der Waals surface area (Å²) >= 11 is 0. The third kappa shape index (κ3) is 5.37. The molecule has 1 heterocycles. The van der Waals surface area contributed by atoms with Crippen LogP contribution in [0.5, 0.6) is 0 Å². The number of carbonyl (C=O) groups excluding carboxylic acids is 1. The van der Waals surface area contributed by atoms with Gasteiger partial charge in [0.2, 0.25) is 0 Å². The largest absolute Gasteiger partial charge is 0.311 e. The first-order valence-electron chi connectivity index (χ1n) is 7.34. The molecule has 2 aromatic rings. The monoisotopic (exact) mass is 302 g/mol. The molecule has 2 rings (SSSR count). The normalized spacial score (nSPS) is 11.3. The van der Waals surface area contributed by atoms with Gasteiger partial charge in [-0.1, -0.05) is 19.1 Å². The van der Waals surface area contributed by atoms with Crippen molar-refractivity contribution in [3.8, 4) is 11.3 Å².